The predicted octanol–water partition coefficient (Wildman–Crippen LogP) is 5.48. The summed E-state index contributed by atoms with van der Waals surface area (Å²) < 4.78 is 39.2. The third-order valence-corrected chi connectivity index (χ3v) is 3.43. The van der Waals surface area contributed by atoms with E-state index in [0.29, 0.717) is 17.9 Å². The van der Waals surface area contributed by atoms with Crippen molar-refractivity contribution in [2.75, 3.05) is 10.6 Å². The Hall–Kier alpha value is -2.28. The van der Waals surface area contributed by atoms with E-state index in [1.807, 2.05) is 13.8 Å². The SMILES string of the molecule is CC(C)CC(=O)Nc1ccc(Nc2ccc(Cl)cc2C(F)(F)F)cn1. The summed E-state index contributed by atoms with van der Waals surface area (Å²) in [7, 11) is 0. The van der Waals surface area contributed by atoms with Crippen molar-refractivity contribution in [1.82, 2.24) is 4.98 Å². The van der Waals surface area contributed by atoms with Gasteiger partial charge in [-0.2, -0.15) is 13.2 Å². The van der Waals surface area contributed by atoms with Gasteiger partial charge in [-0.05, 0) is 36.2 Å². The maximum Gasteiger partial charge on any atom is 0.418 e. The minimum absolute atomic E-state index is 0.000729. The summed E-state index contributed by atoms with van der Waals surface area (Å²) in [5.74, 6) is 0.384. The first kappa shape index (κ1) is 19.1. The first-order valence-electron chi connectivity index (χ1n) is 7.55. The third kappa shape index (κ3) is 5.63. The number of anilines is 3. The fraction of sp³-hybridized carbons (Fsp3) is 0.294. The average Bonchev–Trinajstić information content (AvgIpc) is 2.49. The van der Waals surface area contributed by atoms with E-state index in [2.05, 4.69) is 15.6 Å². The predicted molar refractivity (Wildman–Crippen MR) is 92.1 cm³/mol. The van der Waals surface area contributed by atoms with Crippen LogP contribution in [0.5, 0.6) is 0 Å². The number of pyridine rings is 1. The molecule has 25 heavy (non-hydrogen) atoms. The number of hydrogen-bond donors (Lipinski definition) is 2. The van der Waals surface area contributed by atoms with E-state index in [9.17, 15) is 18.0 Å². The molecule has 0 saturated heterocycles. The first-order chi connectivity index (χ1) is 11.6. The topological polar surface area (TPSA) is 54.0 Å². The van der Waals surface area contributed by atoms with Crippen molar-refractivity contribution in [1.29, 1.82) is 0 Å². The summed E-state index contributed by atoms with van der Waals surface area (Å²) in [6, 6.07) is 6.53. The standard InChI is InChI=1S/C17H17ClF3N3O/c1-10(2)7-16(25)24-15-6-4-12(9-22-15)23-14-5-3-11(18)8-13(14)17(19,20)21/h3-6,8-10,23H,7H2,1-2H3,(H,22,24,25). The van der Waals surface area contributed by atoms with Gasteiger partial charge in [-0.1, -0.05) is 25.4 Å². The number of halogens is 4. The van der Waals surface area contributed by atoms with Crippen LogP contribution in [0, 0.1) is 5.92 Å². The first-order valence-corrected chi connectivity index (χ1v) is 7.92. The molecule has 2 rings (SSSR count). The van der Waals surface area contributed by atoms with Gasteiger partial charge in [-0.15, -0.1) is 0 Å². The van der Waals surface area contributed by atoms with Crippen LogP contribution < -0.4 is 10.6 Å². The second-order valence-corrected chi connectivity index (χ2v) is 6.33. The molecule has 0 bridgehead atoms. The molecule has 0 spiro atoms. The van der Waals surface area contributed by atoms with E-state index in [1.165, 1.54) is 30.5 Å². The highest BCUT2D eigenvalue weighted by Crippen LogP contribution is 2.37. The van der Waals surface area contributed by atoms with Crippen LogP contribution in [0.1, 0.15) is 25.8 Å². The van der Waals surface area contributed by atoms with Crippen molar-refractivity contribution in [3.8, 4) is 0 Å². The van der Waals surface area contributed by atoms with Crippen molar-refractivity contribution >= 4 is 34.7 Å². The summed E-state index contributed by atoms with van der Waals surface area (Å²) in [6.07, 6.45) is -2.83. The minimum atomic E-state index is -4.54. The number of carbonyl (C=O) groups is 1. The smallest absolute Gasteiger partial charge is 0.354 e. The van der Waals surface area contributed by atoms with Gasteiger partial charge in [0.25, 0.3) is 0 Å². The van der Waals surface area contributed by atoms with Gasteiger partial charge in [0.05, 0.1) is 23.1 Å². The number of hydrogen-bond acceptors (Lipinski definition) is 3. The van der Waals surface area contributed by atoms with Gasteiger partial charge < -0.3 is 10.6 Å². The average molecular weight is 372 g/mol. The summed E-state index contributed by atoms with van der Waals surface area (Å²) in [5.41, 5.74) is -0.640. The molecule has 0 saturated carbocycles. The molecule has 0 unspecified atom stereocenters. The number of benzene rings is 1. The molecule has 2 N–H and O–H groups in total. The molecule has 1 aromatic heterocycles. The van der Waals surface area contributed by atoms with Crippen molar-refractivity contribution in [3.05, 3.63) is 47.1 Å². The van der Waals surface area contributed by atoms with Crippen molar-refractivity contribution in [2.24, 2.45) is 5.92 Å². The molecule has 134 valence electrons. The Kier molecular flexibility index (Phi) is 5.89. The maximum absolute atomic E-state index is 13.1. The zero-order valence-electron chi connectivity index (χ0n) is 13.6. The lowest BCUT2D eigenvalue weighted by atomic mass is 10.1. The second-order valence-electron chi connectivity index (χ2n) is 5.89. The molecule has 0 fully saturated rings. The number of amides is 1. The van der Waals surface area contributed by atoms with Crippen LogP contribution >= 0.6 is 11.6 Å². The zero-order valence-corrected chi connectivity index (χ0v) is 14.4. The van der Waals surface area contributed by atoms with Crippen molar-refractivity contribution in [2.45, 2.75) is 26.4 Å². The lowest BCUT2D eigenvalue weighted by Crippen LogP contribution is -2.14. The van der Waals surface area contributed by atoms with Crippen LogP contribution in [-0.4, -0.2) is 10.9 Å². The Morgan fingerprint density at radius 3 is 2.52 bits per heavy atom. The maximum atomic E-state index is 13.1. The molecule has 1 aromatic carbocycles. The van der Waals surface area contributed by atoms with Gasteiger partial charge in [-0.25, -0.2) is 4.98 Å². The highest BCUT2D eigenvalue weighted by Gasteiger charge is 2.33. The quantitative estimate of drug-likeness (QED) is 0.731. The molecule has 0 aliphatic heterocycles. The molecule has 1 amide bonds. The zero-order chi connectivity index (χ0) is 18.6. The number of carbonyl (C=O) groups excluding carboxylic acids is 1. The van der Waals surface area contributed by atoms with Gasteiger partial charge in [0.15, 0.2) is 0 Å². The van der Waals surface area contributed by atoms with E-state index in [4.69, 9.17) is 11.6 Å². The summed E-state index contributed by atoms with van der Waals surface area (Å²) in [6.45, 7) is 3.84. The molecule has 0 aliphatic carbocycles. The van der Waals surface area contributed by atoms with Crippen LogP contribution in [0.4, 0.5) is 30.4 Å². The Morgan fingerprint density at radius 2 is 1.96 bits per heavy atom. The van der Waals surface area contributed by atoms with Crippen LogP contribution in [0.15, 0.2) is 36.5 Å². The molecule has 0 radical (unpaired) electrons. The summed E-state index contributed by atoms with van der Waals surface area (Å²) in [5, 5.41) is 5.30. The number of alkyl halides is 3. The number of nitrogens with one attached hydrogen (secondary N) is 2. The normalized spacial score (nSPS) is 11.5. The van der Waals surface area contributed by atoms with E-state index >= 15 is 0 Å². The van der Waals surface area contributed by atoms with Crippen LogP contribution in [0.25, 0.3) is 0 Å². The Morgan fingerprint density at radius 1 is 1.24 bits per heavy atom. The Balaban J connectivity index is 2.13. The van der Waals surface area contributed by atoms with Gasteiger partial charge >= 0.3 is 6.18 Å². The fourth-order valence-electron chi connectivity index (χ4n) is 2.12. The summed E-state index contributed by atoms with van der Waals surface area (Å²) in [4.78, 5) is 15.7. The van der Waals surface area contributed by atoms with E-state index in [0.717, 1.165) is 6.07 Å². The molecule has 8 heteroatoms. The molecular formula is C17H17ClF3N3O. The highest BCUT2D eigenvalue weighted by atomic mass is 35.5. The number of aromatic nitrogens is 1. The van der Waals surface area contributed by atoms with Gasteiger partial charge in [0.1, 0.15) is 5.82 Å². The Bertz CT molecular complexity index is 746. The van der Waals surface area contributed by atoms with Crippen LogP contribution in [0.2, 0.25) is 5.02 Å². The lowest BCUT2D eigenvalue weighted by molar-refractivity contribution is -0.136. The van der Waals surface area contributed by atoms with Crippen LogP contribution in [-0.2, 0) is 11.0 Å². The van der Waals surface area contributed by atoms with Crippen molar-refractivity contribution < 1.29 is 18.0 Å². The number of rotatable bonds is 5. The molecule has 4 nitrogen and oxygen atoms in total. The molecule has 2 aromatic rings. The third-order valence-electron chi connectivity index (χ3n) is 3.19. The summed E-state index contributed by atoms with van der Waals surface area (Å²) >= 11 is 5.65. The molecule has 0 aliphatic rings. The van der Waals surface area contributed by atoms with E-state index in [-0.39, 0.29) is 22.5 Å². The Labute approximate surface area is 148 Å². The minimum Gasteiger partial charge on any atom is -0.354 e. The molecule has 1 heterocycles. The van der Waals surface area contributed by atoms with E-state index in [1.54, 1.807) is 0 Å². The highest BCUT2D eigenvalue weighted by molar-refractivity contribution is 6.30. The van der Waals surface area contributed by atoms with Crippen molar-refractivity contribution in [3.63, 3.8) is 0 Å². The molecule has 0 atom stereocenters. The second kappa shape index (κ2) is 7.74. The largest absolute Gasteiger partial charge is 0.418 e. The van der Waals surface area contributed by atoms with Gasteiger partial charge in [0, 0.05) is 11.4 Å². The molecular weight excluding hydrogens is 355 g/mol. The van der Waals surface area contributed by atoms with E-state index < -0.39 is 11.7 Å². The monoisotopic (exact) mass is 371 g/mol. The van der Waals surface area contributed by atoms with Gasteiger partial charge in [0.2, 0.25) is 5.91 Å². The van der Waals surface area contributed by atoms with Crippen LogP contribution in [0.3, 0.4) is 0 Å². The fourth-order valence-corrected chi connectivity index (χ4v) is 2.29. The lowest BCUT2D eigenvalue weighted by Gasteiger charge is -2.15. The number of nitrogens with zero attached hydrogens (tertiary/aromatic N) is 1. The van der Waals surface area contributed by atoms with Gasteiger partial charge in [-0.3, -0.25) is 4.79 Å².